The summed E-state index contributed by atoms with van der Waals surface area (Å²) >= 11 is 0. The number of pyridine rings is 2. The smallest absolute Gasteiger partial charge is 0.269 e. The van der Waals surface area contributed by atoms with Gasteiger partial charge in [0, 0.05) is 17.1 Å². The molecular weight excluding hydrogens is 328 g/mol. The molecule has 0 spiro atoms. The van der Waals surface area contributed by atoms with Crippen LogP contribution in [0.3, 0.4) is 0 Å². The minimum Gasteiger partial charge on any atom is -0.396 e. The molecule has 0 aliphatic carbocycles. The van der Waals surface area contributed by atoms with Gasteiger partial charge in [-0.1, -0.05) is 12.1 Å². The van der Waals surface area contributed by atoms with Gasteiger partial charge in [-0.25, -0.2) is 4.98 Å². The van der Waals surface area contributed by atoms with Gasteiger partial charge in [0.1, 0.15) is 0 Å². The van der Waals surface area contributed by atoms with Crippen LogP contribution in [0.4, 0.5) is 5.69 Å². The molecule has 0 unspecified atom stereocenters. The highest BCUT2D eigenvalue weighted by Crippen LogP contribution is 2.37. The van der Waals surface area contributed by atoms with E-state index in [1.807, 2.05) is 43.3 Å². The fourth-order valence-corrected chi connectivity index (χ4v) is 3.08. The van der Waals surface area contributed by atoms with E-state index in [2.05, 4.69) is 20.2 Å². The standard InChI is InChI=1S/C19H16N6O/c1-10-5-6-13-12(9-23-25-13)16(10)11-8-15(14-4-2-3-7-22-14)24-18(17(11)20)19(21)26/h2-9H,20H2,1H3,(H2,21,26)(H,23,25). The molecule has 0 atom stereocenters. The summed E-state index contributed by atoms with van der Waals surface area (Å²) < 4.78 is 0. The van der Waals surface area contributed by atoms with Gasteiger partial charge in [0.05, 0.1) is 28.8 Å². The van der Waals surface area contributed by atoms with Crippen molar-refractivity contribution < 1.29 is 4.79 Å². The molecule has 5 N–H and O–H groups in total. The number of anilines is 1. The minimum atomic E-state index is -0.682. The summed E-state index contributed by atoms with van der Waals surface area (Å²) in [4.78, 5) is 20.6. The second kappa shape index (κ2) is 5.96. The third kappa shape index (κ3) is 2.46. The number of nitrogen functional groups attached to an aromatic ring is 1. The Kier molecular flexibility index (Phi) is 3.62. The highest BCUT2D eigenvalue weighted by molar-refractivity contribution is 6.05. The van der Waals surface area contributed by atoms with Crippen molar-refractivity contribution in [1.82, 2.24) is 20.2 Å². The predicted octanol–water partition coefficient (Wildman–Crippen LogP) is 2.68. The molecule has 3 heterocycles. The van der Waals surface area contributed by atoms with Crippen LogP contribution in [0, 0.1) is 6.92 Å². The number of hydrogen-bond donors (Lipinski definition) is 3. The van der Waals surface area contributed by atoms with Crippen molar-refractivity contribution in [2.45, 2.75) is 6.92 Å². The zero-order valence-corrected chi connectivity index (χ0v) is 14.0. The van der Waals surface area contributed by atoms with E-state index in [-0.39, 0.29) is 11.4 Å². The topological polar surface area (TPSA) is 124 Å². The Bertz CT molecular complexity index is 1130. The van der Waals surface area contributed by atoms with E-state index in [4.69, 9.17) is 11.5 Å². The van der Waals surface area contributed by atoms with Crippen molar-refractivity contribution in [2.75, 3.05) is 5.73 Å². The number of carbonyl (C=O) groups excluding carboxylic acids is 1. The number of benzene rings is 1. The number of aryl methyl sites for hydroxylation is 1. The zero-order valence-electron chi connectivity index (χ0n) is 14.0. The van der Waals surface area contributed by atoms with Crippen LogP contribution in [0.25, 0.3) is 33.4 Å². The zero-order chi connectivity index (χ0) is 18.3. The van der Waals surface area contributed by atoms with E-state index in [1.54, 1.807) is 12.4 Å². The SMILES string of the molecule is Cc1ccc2[nH]ncc2c1-c1cc(-c2ccccn2)nc(C(N)=O)c1N. The van der Waals surface area contributed by atoms with Crippen molar-refractivity contribution >= 4 is 22.5 Å². The molecule has 1 amide bonds. The highest BCUT2D eigenvalue weighted by atomic mass is 16.1. The lowest BCUT2D eigenvalue weighted by Crippen LogP contribution is -2.17. The Hall–Kier alpha value is -3.74. The number of aromatic amines is 1. The van der Waals surface area contributed by atoms with Crippen LogP contribution in [0.1, 0.15) is 16.1 Å². The van der Waals surface area contributed by atoms with Crippen molar-refractivity contribution in [1.29, 1.82) is 0 Å². The number of aromatic nitrogens is 4. The first-order chi connectivity index (χ1) is 12.6. The van der Waals surface area contributed by atoms with Gasteiger partial charge >= 0.3 is 0 Å². The summed E-state index contributed by atoms with van der Waals surface area (Å²) in [6, 6.07) is 11.2. The number of nitrogens with two attached hydrogens (primary N) is 2. The van der Waals surface area contributed by atoms with Crippen LogP contribution in [0.2, 0.25) is 0 Å². The van der Waals surface area contributed by atoms with Crippen molar-refractivity contribution in [2.24, 2.45) is 5.73 Å². The molecule has 0 saturated heterocycles. The Labute approximate surface area is 149 Å². The second-order valence-electron chi connectivity index (χ2n) is 5.99. The molecule has 7 nitrogen and oxygen atoms in total. The summed E-state index contributed by atoms with van der Waals surface area (Å²) in [5.41, 5.74) is 16.7. The summed E-state index contributed by atoms with van der Waals surface area (Å²) in [5, 5.41) is 7.97. The third-order valence-corrected chi connectivity index (χ3v) is 4.32. The van der Waals surface area contributed by atoms with Crippen LogP contribution in [0.5, 0.6) is 0 Å². The number of carbonyl (C=O) groups is 1. The van der Waals surface area contributed by atoms with Gasteiger partial charge in [0.15, 0.2) is 5.69 Å². The molecule has 0 bridgehead atoms. The second-order valence-corrected chi connectivity index (χ2v) is 5.99. The summed E-state index contributed by atoms with van der Waals surface area (Å²) in [6.45, 7) is 1.98. The molecule has 0 radical (unpaired) electrons. The highest BCUT2D eigenvalue weighted by Gasteiger charge is 2.20. The van der Waals surface area contributed by atoms with Crippen molar-refractivity contribution in [3.8, 4) is 22.5 Å². The first-order valence-corrected chi connectivity index (χ1v) is 8.01. The number of primary amides is 1. The van der Waals surface area contributed by atoms with Gasteiger partial charge in [0.2, 0.25) is 0 Å². The molecule has 4 aromatic rings. The first kappa shape index (κ1) is 15.8. The van der Waals surface area contributed by atoms with Crippen molar-refractivity contribution in [3.05, 3.63) is 60.0 Å². The molecule has 3 aromatic heterocycles. The van der Waals surface area contributed by atoms with Gasteiger partial charge in [-0.15, -0.1) is 0 Å². The minimum absolute atomic E-state index is 0.0306. The Morgan fingerprint density at radius 1 is 1.15 bits per heavy atom. The first-order valence-electron chi connectivity index (χ1n) is 8.01. The lowest BCUT2D eigenvalue weighted by atomic mass is 9.94. The molecule has 4 rings (SSSR count). The number of H-pyrrole nitrogens is 1. The average molecular weight is 344 g/mol. The molecule has 0 saturated carbocycles. The Balaban J connectivity index is 2.07. The predicted molar refractivity (Wildman–Crippen MR) is 100 cm³/mol. The Morgan fingerprint density at radius 3 is 2.73 bits per heavy atom. The van der Waals surface area contributed by atoms with Crippen molar-refractivity contribution in [3.63, 3.8) is 0 Å². The number of nitrogens with zero attached hydrogens (tertiary/aromatic N) is 3. The normalized spacial score (nSPS) is 11.0. The van der Waals surface area contributed by atoms with Crippen LogP contribution in [0.15, 0.2) is 48.8 Å². The lowest BCUT2D eigenvalue weighted by molar-refractivity contribution is 0.0996. The van der Waals surface area contributed by atoms with Gasteiger partial charge in [0.25, 0.3) is 5.91 Å². The largest absolute Gasteiger partial charge is 0.396 e. The third-order valence-electron chi connectivity index (χ3n) is 4.32. The molecule has 1 aromatic carbocycles. The van der Waals surface area contributed by atoms with Crippen LogP contribution < -0.4 is 11.5 Å². The molecular formula is C19H16N6O. The molecule has 0 aliphatic rings. The molecule has 128 valence electrons. The van der Waals surface area contributed by atoms with Crippen LogP contribution >= 0.6 is 0 Å². The van der Waals surface area contributed by atoms with Gasteiger partial charge < -0.3 is 11.5 Å². The molecule has 26 heavy (non-hydrogen) atoms. The van der Waals surface area contributed by atoms with Gasteiger partial charge in [-0.3, -0.25) is 14.9 Å². The van der Waals surface area contributed by atoms with Gasteiger partial charge in [-0.2, -0.15) is 5.10 Å². The maximum Gasteiger partial charge on any atom is 0.269 e. The maximum absolute atomic E-state index is 11.9. The van der Waals surface area contributed by atoms with E-state index in [1.165, 1.54) is 0 Å². The number of amides is 1. The average Bonchev–Trinajstić information content (AvgIpc) is 3.11. The molecule has 0 aliphatic heterocycles. The van der Waals surface area contributed by atoms with E-state index in [0.29, 0.717) is 17.0 Å². The fourth-order valence-electron chi connectivity index (χ4n) is 3.08. The summed E-state index contributed by atoms with van der Waals surface area (Å²) in [7, 11) is 0. The van der Waals surface area contributed by atoms with E-state index < -0.39 is 5.91 Å². The molecule has 0 fully saturated rings. The van der Waals surface area contributed by atoms with E-state index in [9.17, 15) is 4.79 Å². The maximum atomic E-state index is 11.9. The number of rotatable bonds is 3. The van der Waals surface area contributed by atoms with Crippen LogP contribution in [-0.2, 0) is 0 Å². The number of nitrogens with one attached hydrogen (secondary N) is 1. The fraction of sp³-hybridized carbons (Fsp3) is 0.0526. The lowest BCUT2D eigenvalue weighted by Gasteiger charge is -2.14. The van der Waals surface area contributed by atoms with Crippen LogP contribution in [-0.4, -0.2) is 26.1 Å². The molecule has 7 heteroatoms. The Morgan fingerprint density at radius 2 is 2.00 bits per heavy atom. The van der Waals surface area contributed by atoms with E-state index in [0.717, 1.165) is 22.0 Å². The van der Waals surface area contributed by atoms with E-state index >= 15 is 0 Å². The quantitative estimate of drug-likeness (QED) is 0.527. The summed E-state index contributed by atoms with van der Waals surface area (Å²) in [5.74, 6) is -0.682. The monoisotopic (exact) mass is 344 g/mol. The van der Waals surface area contributed by atoms with Gasteiger partial charge in [-0.05, 0) is 42.3 Å². The number of fused-ring (bicyclic) bond motifs is 1. The number of hydrogen-bond acceptors (Lipinski definition) is 5. The summed E-state index contributed by atoms with van der Waals surface area (Å²) in [6.07, 6.45) is 3.40.